The normalized spacial score (nSPS) is 25.3. The van der Waals surface area contributed by atoms with E-state index in [-0.39, 0.29) is 40.6 Å². The van der Waals surface area contributed by atoms with E-state index < -0.39 is 11.6 Å². The summed E-state index contributed by atoms with van der Waals surface area (Å²) in [5.41, 5.74) is 0.324. The molecule has 0 aromatic heterocycles. The molecule has 0 spiro atoms. The van der Waals surface area contributed by atoms with E-state index in [1.165, 1.54) is 6.07 Å². The molecule has 8 heteroatoms. The average molecular weight is 604 g/mol. The van der Waals surface area contributed by atoms with Crippen LogP contribution in [0.15, 0.2) is 18.2 Å². The number of hydrogen-bond donors (Lipinski definition) is 1. The number of ether oxygens (including phenoxy) is 1. The van der Waals surface area contributed by atoms with E-state index in [1.54, 1.807) is 13.0 Å². The van der Waals surface area contributed by atoms with Gasteiger partial charge in [-0.15, -0.1) is 0 Å². The maximum absolute atomic E-state index is 15.1. The lowest BCUT2D eigenvalue weighted by atomic mass is 9.70. The second-order valence-corrected chi connectivity index (χ2v) is 15.5. The molecule has 3 fully saturated rings. The molecule has 2 saturated heterocycles. The summed E-state index contributed by atoms with van der Waals surface area (Å²) >= 11 is 0. The van der Waals surface area contributed by atoms with Crippen molar-refractivity contribution in [2.45, 2.75) is 116 Å². The lowest BCUT2D eigenvalue weighted by Crippen LogP contribution is -2.47. The third-order valence-electron chi connectivity index (χ3n) is 10.2. The SMILES string of the molecule is CC(=O)NC(C)(C)CC(CC(C)(C)C)C1CCN(C(=O)[C@@H]2CC(N(C)C3CCOCC3)C[C@H]2c2ccc(F)cc2F)CC1. The third kappa shape index (κ3) is 9.00. The maximum atomic E-state index is 15.1. The van der Waals surface area contributed by atoms with Crippen LogP contribution in [0.1, 0.15) is 104 Å². The van der Waals surface area contributed by atoms with Crippen LogP contribution in [0, 0.1) is 34.8 Å². The van der Waals surface area contributed by atoms with E-state index in [1.807, 2.05) is 4.90 Å². The molecule has 1 aromatic carbocycles. The molecule has 6 nitrogen and oxygen atoms in total. The van der Waals surface area contributed by atoms with Crippen molar-refractivity contribution in [3.63, 3.8) is 0 Å². The van der Waals surface area contributed by atoms with Crippen molar-refractivity contribution in [1.29, 1.82) is 0 Å². The van der Waals surface area contributed by atoms with Gasteiger partial charge in [0.05, 0.1) is 0 Å². The molecule has 242 valence electrons. The number of amides is 2. The molecular weight excluding hydrogens is 548 g/mol. The Morgan fingerprint density at radius 2 is 1.65 bits per heavy atom. The van der Waals surface area contributed by atoms with Gasteiger partial charge >= 0.3 is 0 Å². The summed E-state index contributed by atoms with van der Waals surface area (Å²) < 4.78 is 34.5. The van der Waals surface area contributed by atoms with Crippen molar-refractivity contribution in [3.8, 4) is 0 Å². The number of halogens is 2. The van der Waals surface area contributed by atoms with Crippen LogP contribution in [0.5, 0.6) is 0 Å². The van der Waals surface area contributed by atoms with Crippen LogP contribution in [0.3, 0.4) is 0 Å². The van der Waals surface area contributed by atoms with Crippen LogP contribution in [-0.4, -0.2) is 72.6 Å². The van der Waals surface area contributed by atoms with Crippen LogP contribution in [0.2, 0.25) is 0 Å². The Bertz CT molecular complexity index is 1110. The monoisotopic (exact) mass is 603 g/mol. The molecule has 2 unspecified atom stereocenters. The highest BCUT2D eigenvalue weighted by Gasteiger charge is 2.45. The lowest BCUT2D eigenvalue weighted by molar-refractivity contribution is -0.138. The topological polar surface area (TPSA) is 61.9 Å². The van der Waals surface area contributed by atoms with Crippen molar-refractivity contribution < 1.29 is 23.1 Å². The number of likely N-dealkylation sites (tertiary alicyclic amines) is 1. The summed E-state index contributed by atoms with van der Waals surface area (Å²) in [6, 6.07) is 4.38. The van der Waals surface area contributed by atoms with E-state index in [0.717, 1.165) is 57.8 Å². The van der Waals surface area contributed by atoms with Gasteiger partial charge in [0, 0.05) is 62.8 Å². The first kappa shape index (κ1) is 33.8. The van der Waals surface area contributed by atoms with Gasteiger partial charge < -0.3 is 19.9 Å². The predicted molar refractivity (Wildman–Crippen MR) is 167 cm³/mol. The Hall–Kier alpha value is -2.06. The van der Waals surface area contributed by atoms with Gasteiger partial charge in [-0.1, -0.05) is 26.8 Å². The Morgan fingerprint density at radius 1 is 1.00 bits per heavy atom. The van der Waals surface area contributed by atoms with E-state index in [4.69, 9.17) is 4.74 Å². The van der Waals surface area contributed by atoms with E-state index in [2.05, 4.69) is 51.9 Å². The standard InChI is InChI=1S/C35H55F2N3O3/c1-23(41)38-35(5,6)22-25(21-34(2,3)4)24-10-14-40(15-11-24)33(42)31-20-28(39(7)27-12-16-43-17-13-27)19-30(31)29-9-8-26(36)18-32(29)37/h8-9,18,24-25,27-28,30-31H,10-17,19-22H2,1-7H3,(H,38,41)/t25?,28?,30-,31+/m0/s1. The number of piperidine rings is 1. The number of benzene rings is 1. The second kappa shape index (κ2) is 13.9. The largest absolute Gasteiger partial charge is 0.381 e. The van der Waals surface area contributed by atoms with Crippen molar-refractivity contribution in [2.24, 2.45) is 23.2 Å². The Balaban J connectivity index is 1.48. The third-order valence-corrected chi connectivity index (χ3v) is 10.2. The van der Waals surface area contributed by atoms with Gasteiger partial charge in [0.2, 0.25) is 11.8 Å². The molecule has 4 rings (SSSR count). The van der Waals surface area contributed by atoms with Gasteiger partial charge in [0.15, 0.2) is 0 Å². The highest BCUT2D eigenvalue weighted by molar-refractivity contribution is 5.80. The maximum Gasteiger partial charge on any atom is 0.226 e. The van der Waals surface area contributed by atoms with E-state index in [9.17, 15) is 14.0 Å². The molecule has 2 heterocycles. The fraction of sp³-hybridized carbons (Fsp3) is 0.771. The first-order valence-electron chi connectivity index (χ1n) is 16.5. The van der Waals surface area contributed by atoms with E-state index in [0.29, 0.717) is 49.4 Å². The molecule has 3 aliphatic rings. The van der Waals surface area contributed by atoms with Gasteiger partial charge in [0.25, 0.3) is 0 Å². The Kier molecular flexibility index (Phi) is 11.0. The number of hydrogen-bond acceptors (Lipinski definition) is 4. The van der Waals surface area contributed by atoms with Crippen molar-refractivity contribution >= 4 is 11.8 Å². The fourth-order valence-corrected chi connectivity index (χ4v) is 8.35. The van der Waals surface area contributed by atoms with Crippen molar-refractivity contribution in [3.05, 3.63) is 35.4 Å². The van der Waals surface area contributed by atoms with Gasteiger partial charge in [-0.2, -0.15) is 0 Å². The van der Waals surface area contributed by atoms with Crippen molar-refractivity contribution in [1.82, 2.24) is 15.1 Å². The molecule has 0 radical (unpaired) electrons. The predicted octanol–water partition coefficient (Wildman–Crippen LogP) is 6.53. The highest BCUT2D eigenvalue weighted by atomic mass is 19.1. The molecule has 1 N–H and O–H groups in total. The number of carbonyl (C=O) groups is 2. The Morgan fingerprint density at radius 3 is 2.23 bits per heavy atom. The number of nitrogens with zero attached hydrogens (tertiary/aromatic N) is 2. The summed E-state index contributed by atoms with van der Waals surface area (Å²) in [6.45, 7) is 15.5. The quantitative estimate of drug-likeness (QED) is 0.349. The van der Waals surface area contributed by atoms with Crippen LogP contribution >= 0.6 is 0 Å². The summed E-state index contributed by atoms with van der Waals surface area (Å²) in [5, 5.41) is 3.14. The minimum absolute atomic E-state index is 0.00981. The number of carbonyl (C=O) groups excluding carboxylic acids is 2. The molecule has 0 bridgehead atoms. The summed E-state index contributed by atoms with van der Waals surface area (Å²) in [5.74, 6) is -0.737. The summed E-state index contributed by atoms with van der Waals surface area (Å²) in [6.07, 6.45) is 7.11. The Labute approximate surface area is 258 Å². The van der Waals surface area contributed by atoms with Crippen LogP contribution in [0.4, 0.5) is 8.78 Å². The van der Waals surface area contributed by atoms with E-state index >= 15 is 4.39 Å². The molecule has 2 aliphatic heterocycles. The average Bonchev–Trinajstić information content (AvgIpc) is 3.36. The molecular formula is C35H55F2N3O3. The first-order valence-corrected chi connectivity index (χ1v) is 16.5. The zero-order valence-electron chi connectivity index (χ0n) is 27.6. The minimum atomic E-state index is -0.591. The summed E-state index contributed by atoms with van der Waals surface area (Å²) in [4.78, 5) is 30.5. The number of rotatable bonds is 9. The molecule has 1 aliphatic carbocycles. The molecule has 43 heavy (non-hydrogen) atoms. The smallest absolute Gasteiger partial charge is 0.226 e. The highest BCUT2D eigenvalue weighted by Crippen LogP contribution is 2.45. The first-order chi connectivity index (χ1) is 20.1. The van der Waals surface area contributed by atoms with Gasteiger partial charge in [-0.05, 0) is 107 Å². The van der Waals surface area contributed by atoms with Gasteiger partial charge in [-0.3, -0.25) is 9.59 Å². The minimum Gasteiger partial charge on any atom is -0.381 e. The molecule has 4 atom stereocenters. The molecule has 2 amide bonds. The zero-order valence-corrected chi connectivity index (χ0v) is 27.6. The number of nitrogens with one attached hydrogen (secondary N) is 1. The van der Waals surface area contributed by atoms with Gasteiger partial charge in [-0.25, -0.2) is 8.78 Å². The molecule has 1 aromatic rings. The zero-order chi connectivity index (χ0) is 31.5. The van der Waals surface area contributed by atoms with Gasteiger partial charge in [0.1, 0.15) is 11.6 Å². The van der Waals surface area contributed by atoms with Crippen molar-refractivity contribution in [2.75, 3.05) is 33.4 Å². The van der Waals surface area contributed by atoms with Crippen LogP contribution in [-0.2, 0) is 14.3 Å². The second-order valence-electron chi connectivity index (χ2n) is 15.5. The summed E-state index contributed by atoms with van der Waals surface area (Å²) in [7, 11) is 2.13. The van der Waals surface area contributed by atoms with Crippen LogP contribution < -0.4 is 5.32 Å². The lowest BCUT2D eigenvalue weighted by Gasteiger charge is -2.42. The molecule has 1 saturated carbocycles. The fourth-order valence-electron chi connectivity index (χ4n) is 8.35. The van der Waals surface area contributed by atoms with Crippen LogP contribution in [0.25, 0.3) is 0 Å².